The molecule has 10 nitrogen and oxygen atoms in total. The standard InChI is InChI=1S/C28H32ClFN6O4S/c1-39-22-13-20-17(27(33-15-32-20)34-16-7-8-19(30)18(29)11-16)12-23(22)40-10-4-9-31-25(37)6-3-2-5-24-26-21(14-41-24)35-28(38)36-26/h7-8,11-13,15,21,24,26H,2-6,9-10,14H2,1H3,(H,31,37)(H,32,33,34)(H2,35,36,38). The Balaban J connectivity index is 1.06. The zero-order chi connectivity index (χ0) is 28.8. The van der Waals surface area contributed by atoms with Gasteiger partial charge in [-0.05, 0) is 43.5 Å². The van der Waals surface area contributed by atoms with Crippen molar-refractivity contribution in [2.24, 2.45) is 0 Å². The van der Waals surface area contributed by atoms with Crippen molar-refractivity contribution in [3.63, 3.8) is 0 Å². The van der Waals surface area contributed by atoms with Crippen molar-refractivity contribution in [2.45, 2.75) is 49.4 Å². The highest BCUT2D eigenvalue weighted by Gasteiger charge is 2.42. The predicted octanol–water partition coefficient (Wildman–Crippen LogP) is 4.79. The fourth-order valence-electron chi connectivity index (χ4n) is 4.99. The van der Waals surface area contributed by atoms with Gasteiger partial charge in [-0.3, -0.25) is 4.79 Å². The van der Waals surface area contributed by atoms with Crippen molar-refractivity contribution < 1.29 is 23.5 Å². The Hall–Kier alpha value is -3.51. The van der Waals surface area contributed by atoms with Crippen LogP contribution in [0.1, 0.15) is 32.1 Å². The summed E-state index contributed by atoms with van der Waals surface area (Å²) in [6, 6.07) is 8.24. The summed E-state index contributed by atoms with van der Waals surface area (Å²) >= 11 is 7.81. The fourth-order valence-corrected chi connectivity index (χ4v) is 6.72. The largest absolute Gasteiger partial charge is 0.493 e. The molecular weight excluding hydrogens is 571 g/mol. The van der Waals surface area contributed by atoms with Crippen molar-refractivity contribution in [1.82, 2.24) is 25.9 Å². The van der Waals surface area contributed by atoms with E-state index in [1.165, 1.54) is 18.5 Å². The first-order valence-electron chi connectivity index (χ1n) is 13.5. The van der Waals surface area contributed by atoms with Crippen LogP contribution in [0.2, 0.25) is 5.02 Å². The van der Waals surface area contributed by atoms with E-state index in [9.17, 15) is 14.0 Å². The summed E-state index contributed by atoms with van der Waals surface area (Å²) in [6.45, 7) is 0.864. The van der Waals surface area contributed by atoms with E-state index in [4.69, 9.17) is 21.1 Å². The number of benzene rings is 2. The van der Waals surface area contributed by atoms with Gasteiger partial charge in [-0.15, -0.1) is 0 Å². The van der Waals surface area contributed by atoms with Crippen molar-refractivity contribution in [3.8, 4) is 11.5 Å². The van der Waals surface area contributed by atoms with Gasteiger partial charge in [-0.2, -0.15) is 11.8 Å². The van der Waals surface area contributed by atoms with Crippen LogP contribution in [0.4, 0.5) is 20.7 Å². The molecule has 0 bridgehead atoms. The second kappa shape index (κ2) is 13.4. The molecule has 0 spiro atoms. The molecule has 2 saturated heterocycles. The fraction of sp³-hybridized carbons (Fsp3) is 0.429. The molecule has 0 saturated carbocycles. The molecule has 41 heavy (non-hydrogen) atoms. The Bertz CT molecular complexity index is 1420. The van der Waals surface area contributed by atoms with Gasteiger partial charge >= 0.3 is 6.03 Å². The molecule has 3 amide bonds. The molecule has 3 heterocycles. The van der Waals surface area contributed by atoms with E-state index in [-0.39, 0.29) is 29.0 Å². The lowest BCUT2D eigenvalue weighted by molar-refractivity contribution is -0.121. The molecule has 3 unspecified atom stereocenters. The van der Waals surface area contributed by atoms with E-state index in [2.05, 4.69) is 31.2 Å². The van der Waals surface area contributed by atoms with Gasteiger partial charge < -0.3 is 30.7 Å². The maximum Gasteiger partial charge on any atom is 0.315 e. The van der Waals surface area contributed by atoms with Crippen LogP contribution < -0.4 is 30.7 Å². The Morgan fingerprint density at radius 2 is 2.05 bits per heavy atom. The zero-order valence-corrected chi connectivity index (χ0v) is 24.1. The number of rotatable bonds is 13. The van der Waals surface area contributed by atoms with E-state index in [1.54, 1.807) is 25.3 Å². The van der Waals surface area contributed by atoms with Crippen LogP contribution in [0.3, 0.4) is 0 Å². The number of anilines is 2. The van der Waals surface area contributed by atoms with E-state index >= 15 is 0 Å². The third kappa shape index (κ3) is 7.23. The molecular formula is C28H32ClFN6O4S. The van der Waals surface area contributed by atoms with Gasteiger partial charge in [-0.1, -0.05) is 18.0 Å². The number of fused-ring (bicyclic) bond motifs is 2. The smallest absolute Gasteiger partial charge is 0.315 e. The summed E-state index contributed by atoms with van der Waals surface area (Å²) in [5.41, 5.74) is 1.22. The number of thioether (sulfide) groups is 1. The van der Waals surface area contributed by atoms with Gasteiger partial charge in [0.05, 0.1) is 36.3 Å². The number of urea groups is 1. The summed E-state index contributed by atoms with van der Waals surface area (Å²) in [6.07, 6.45) is 5.27. The maximum absolute atomic E-state index is 13.6. The minimum Gasteiger partial charge on any atom is -0.493 e. The topological polar surface area (TPSA) is 126 Å². The normalized spacial score (nSPS) is 19.4. The van der Waals surface area contributed by atoms with Crippen LogP contribution in [-0.2, 0) is 4.79 Å². The molecule has 2 aromatic carbocycles. The molecule has 13 heteroatoms. The average molecular weight is 603 g/mol. The number of nitrogens with zero attached hydrogens (tertiary/aromatic N) is 2. The van der Waals surface area contributed by atoms with Gasteiger partial charge in [0.25, 0.3) is 0 Å². The second-order valence-electron chi connectivity index (χ2n) is 9.92. The number of nitrogens with one attached hydrogen (secondary N) is 4. The third-order valence-electron chi connectivity index (χ3n) is 7.08. The van der Waals surface area contributed by atoms with Crippen LogP contribution in [0.25, 0.3) is 10.9 Å². The highest BCUT2D eigenvalue weighted by molar-refractivity contribution is 8.00. The SMILES string of the molecule is COc1cc2ncnc(Nc3ccc(F)c(Cl)c3)c2cc1OCCCNC(=O)CCCCC1SCC2NC(=O)NC21. The molecule has 1 aromatic heterocycles. The minimum absolute atomic E-state index is 0.00499. The minimum atomic E-state index is -0.503. The lowest BCUT2D eigenvalue weighted by atomic mass is 10.0. The third-order valence-corrected chi connectivity index (χ3v) is 8.88. The molecule has 2 fully saturated rings. The number of ether oxygens (including phenoxy) is 2. The maximum atomic E-state index is 13.6. The Morgan fingerprint density at radius 3 is 2.88 bits per heavy atom. The van der Waals surface area contributed by atoms with Crippen LogP contribution in [-0.4, -0.2) is 65.3 Å². The van der Waals surface area contributed by atoms with Crippen LogP contribution in [0.5, 0.6) is 11.5 Å². The zero-order valence-electron chi connectivity index (χ0n) is 22.5. The molecule has 5 rings (SSSR count). The van der Waals surface area contributed by atoms with Gasteiger partial charge in [-0.25, -0.2) is 19.2 Å². The number of unbranched alkanes of at least 4 members (excludes halogenated alkanes) is 1. The number of carbonyl (C=O) groups excluding carboxylic acids is 2. The van der Waals surface area contributed by atoms with Crippen molar-refractivity contribution >= 4 is 57.7 Å². The van der Waals surface area contributed by atoms with Gasteiger partial charge in [0.15, 0.2) is 11.5 Å². The van der Waals surface area contributed by atoms with E-state index in [0.717, 1.165) is 25.0 Å². The molecule has 2 aliphatic rings. The Kier molecular flexibility index (Phi) is 9.50. The first kappa shape index (κ1) is 29.0. The quantitative estimate of drug-likeness (QED) is 0.163. The van der Waals surface area contributed by atoms with Gasteiger partial charge in [0, 0.05) is 41.1 Å². The summed E-state index contributed by atoms with van der Waals surface area (Å²) in [4.78, 5) is 32.4. The monoisotopic (exact) mass is 602 g/mol. The van der Waals surface area contributed by atoms with Crippen LogP contribution in [0, 0.1) is 5.82 Å². The molecule has 218 valence electrons. The molecule has 0 radical (unpaired) electrons. The lowest BCUT2D eigenvalue weighted by Crippen LogP contribution is -2.36. The average Bonchev–Trinajstić information content (AvgIpc) is 3.51. The number of aromatic nitrogens is 2. The summed E-state index contributed by atoms with van der Waals surface area (Å²) in [5.74, 6) is 2.01. The molecule has 4 N–H and O–H groups in total. The van der Waals surface area contributed by atoms with E-state index in [1.807, 2.05) is 11.8 Å². The number of amides is 3. The number of methoxy groups -OCH3 is 1. The van der Waals surface area contributed by atoms with Crippen molar-refractivity contribution in [2.75, 3.05) is 31.3 Å². The number of hydrogen-bond donors (Lipinski definition) is 4. The number of hydrogen-bond acceptors (Lipinski definition) is 8. The number of halogens is 2. The molecule has 0 aliphatic carbocycles. The van der Waals surface area contributed by atoms with Gasteiger partial charge in [0.2, 0.25) is 5.91 Å². The Morgan fingerprint density at radius 1 is 1.17 bits per heavy atom. The second-order valence-corrected chi connectivity index (χ2v) is 11.6. The van der Waals surface area contributed by atoms with Crippen LogP contribution in [0.15, 0.2) is 36.7 Å². The lowest BCUT2D eigenvalue weighted by Gasteiger charge is -2.16. The first-order chi connectivity index (χ1) is 19.9. The van der Waals surface area contributed by atoms with E-state index < -0.39 is 5.82 Å². The van der Waals surface area contributed by atoms with Crippen molar-refractivity contribution in [3.05, 3.63) is 47.5 Å². The van der Waals surface area contributed by atoms with Gasteiger partial charge in [0.1, 0.15) is 18.0 Å². The molecule has 2 aliphatic heterocycles. The summed E-state index contributed by atoms with van der Waals surface area (Å²) in [7, 11) is 1.56. The predicted molar refractivity (Wildman–Crippen MR) is 158 cm³/mol. The van der Waals surface area contributed by atoms with E-state index in [0.29, 0.717) is 65.2 Å². The highest BCUT2D eigenvalue weighted by atomic mass is 35.5. The highest BCUT2D eigenvalue weighted by Crippen LogP contribution is 2.35. The number of carbonyl (C=O) groups is 2. The summed E-state index contributed by atoms with van der Waals surface area (Å²) in [5, 5.41) is 13.2. The molecule has 3 atom stereocenters. The molecule has 3 aromatic rings. The van der Waals surface area contributed by atoms with Crippen molar-refractivity contribution in [1.29, 1.82) is 0 Å². The van der Waals surface area contributed by atoms with Crippen LogP contribution >= 0.6 is 23.4 Å². The summed E-state index contributed by atoms with van der Waals surface area (Å²) < 4.78 is 25.0. The first-order valence-corrected chi connectivity index (χ1v) is 15.0. The Labute approximate surface area is 246 Å².